The van der Waals surface area contributed by atoms with Crippen molar-refractivity contribution in [1.82, 2.24) is 29.5 Å². The van der Waals surface area contributed by atoms with Crippen LogP contribution in [-0.2, 0) is 11.3 Å². The van der Waals surface area contributed by atoms with Crippen molar-refractivity contribution < 1.29 is 13.9 Å². The molecule has 0 spiro atoms. The summed E-state index contributed by atoms with van der Waals surface area (Å²) in [5.74, 6) is 1.65. The number of benzene rings is 1. The minimum absolute atomic E-state index is 0.271. The molecule has 1 aromatic carbocycles. The maximum Gasteiger partial charge on any atom is 0.341 e. The van der Waals surface area contributed by atoms with Gasteiger partial charge in [-0.2, -0.15) is 10.2 Å². The molecule has 0 radical (unpaired) electrons. The maximum absolute atomic E-state index is 13.5. The Hall–Kier alpha value is -4.08. The van der Waals surface area contributed by atoms with E-state index in [2.05, 4.69) is 20.4 Å². The first kappa shape index (κ1) is 23.7. The molecule has 0 unspecified atom stereocenters. The normalized spacial score (nSPS) is 13.1. The monoisotopic (exact) mass is 489 g/mol. The van der Waals surface area contributed by atoms with E-state index < -0.39 is 5.97 Å². The van der Waals surface area contributed by atoms with Crippen molar-refractivity contribution in [3.05, 3.63) is 65.0 Å². The number of anilines is 2. The predicted molar refractivity (Wildman–Crippen MR) is 133 cm³/mol. The summed E-state index contributed by atoms with van der Waals surface area (Å²) in [5, 5.41) is 12.6. The van der Waals surface area contributed by atoms with E-state index >= 15 is 0 Å². The Morgan fingerprint density at radius 1 is 1.14 bits per heavy atom. The molecule has 4 aromatic rings. The lowest BCUT2D eigenvalue weighted by molar-refractivity contribution is 0.0524. The van der Waals surface area contributed by atoms with Crippen molar-refractivity contribution in [3.63, 3.8) is 0 Å². The van der Waals surface area contributed by atoms with E-state index in [9.17, 15) is 9.18 Å². The number of nitrogens with zero attached hydrogens (tertiary/aromatic N) is 6. The molecule has 0 aliphatic heterocycles. The molecular formula is C26H28FN7O2. The zero-order valence-corrected chi connectivity index (χ0v) is 20.7. The lowest BCUT2D eigenvalue weighted by Gasteiger charge is -2.08. The second kappa shape index (κ2) is 9.52. The molecule has 0 amide bonds. The van der Waals surface area contributed by atoms with Crippen molar-refractivity contribution in [2.45, 2.75) is 47.1 Å². The molecule has 36 heavy (non-hydrogen) atoms. The van der Waals surface area contributed by atoms with E-state index in [4.69, 9.17) is 9.84 Å². The molecule has 3 aromatic heterocycles. The van der Waals surface area contributed by atoms with Crippen LogP contribution in [0, 0.1) is 32.5 Å². The second-order valence-corrected chi connectivity index (χ2v) is 9.02. The zero-order valence-electron chi connectivity index (χ0n) is 20.7. The lowest BCUT2D eigenvalue weighted by Crippen LogP contribution is -2.08. The number of ether oxygens (including phenoxy) is 1. The average molecular weight is 490 g/mol. The van der Waals surface area contributed by atoms with Gasteiger partial charge in [-0.3, -0.25) is 4.68 Å². The van der Waals surface area contributed by atoms with Crippen LogP contribution in [0.15, 0.2) is 36.7 Å². The number of carbonyl (C=O) groups excluding carboxylic acids is 1. The lowest BCUT2D eigenvalue weighted by atomic mass is 10.1. The third-order valence-electron chi connectivity index (χ3n) is 6.32. The van der Waals surface area contributed by atoms with Crippen LogP contribution < -0.4 is 5.32 Å². The summed E-state index contributed by atoms with van der Waals surface area (Å²) in [6.07, 6.45) is 3.82. The maximum atomic E-state index is 13.5. The quantitative estimate of drug-likeness (QED) is 0.351. The molecule has 9 nitrogen and oxygen atoms in total. The van der Waals surface area contributed by atoms with Crippen molar-refractivity contribution in [2.24, 2.45) is 5.92 Å². The number of halogens is 1. The summed E-state index contributed by atoms with van der Waals surface area (Å²) < 4.78 is 22.3. The highest BCUT2D eigenvalue weighted by molar-refractivity contribution is 5.92. The van der Waals surface area contributed by atoms with E-state index in [-0.39, 0.29) is 12.4 Å². The summed E-state index contributed by atoms with van der Waals surface area (Å²) in [6.45, 7) is 8.43. The molecule has 0 atom stereocenters. The summed E-state index contributed by atoms with van der Waals surface area (Å²) in [5.41, 5.74) is 4.45. The van der Waals surface area contributed by atoms with Crippen LogP contribution in [0.25, 0.3) is 17.1 Å². The summed E-state index contributed by atoms with van der Waals surface area (Å²) in [7, 11) is 0. The van der Waals surface area contributed by atoms with E-state index in [1.165, 1.54) is 31.3 Å². The fraction of sp³-hybridized carbons (Fsp3) is 0.346. The van der Waals surface area contributed by atoms with Gasteiger partial charge in [0.05, 0.1) is 23.7 Å². The van der Waals surface area contributed by atoms with Gasteiger partial charge in [-0.15, -0.1) is 0 Å². The highest BCUT2D eigenvalue weighted by Gasteiger charge is 2.26. The van der Waals surface area contributed by atoms with Gasteiger partial charge in [0.1, 0.15) is 23.5 Å². The Labute approximate surface area is 208 Å². The van der Waals surface area contributed by atoms with Gasteiger partial charge < -0.3 is 10.1 Å². The molecule has 186 valence electrons. The number of aromatic nitrogens is 6. The topological polar surface area (TPSA) is 99.8 Å². The third-order valence-corrected chi connectivity index (χ3v) is 6.32. The van der Waals surface area contributed by atoms with Gasteiger partial charge in [0.25, 0.3) is 0 Å². The molecule has 3 heterocycles. The number of carbonyl (C=O) groups is 1. The molecule has 1 aliphatic carbocycles. The molecule has 1 saturated carbocycles. The SMILES string of the molecule is CCOC(=O)c1c(C)nn(-c2cc(Nc3nn(CC4CC4)c(-c4ccc(F)cc4)c3C)ncn2)c1C. The van der Waals surface area contributed by atoms with Gasteiger partial charge >= 0.3 is 5.97 Å². The van der Waals surface area contributed by atoms with E-state index in [0.717, 1.165) is 23.4 Å². The minimum Gasteiger partial charge on any atom is -0.462 e. The van der Waals surface area contributed by atoms with Crippen molar-refractivity contribution >= 4 is 17.6 Å². The van der Waals surface area contributed by atoms with Gasteiger partial charge in [0.2, 0.25) is 0 Å². The average Bonchev–Trinajstić information content (AvgIpc) is 3.55. The first-order chi connectivity index (χ1) is 17.4. The van der Waals surface area contributed by atoms with Crippen LogP contribution in [0.1, 0.15) is 47.1 Å². The fourth-order valence-electron chi connectivity index (χ4n) is 4.34. The summed E-state index contributed by atoms with van der Waals surface area (Å²) >= 11 is 0. The Balaban J connectivity index is 1.48. The third kappa shape index (κ3) is 4.58. The number of hydrogen-bond donors (Lipinski definition) is 1. The van der Waals surface area contributed by atoms with Crippen LogP contribution in [0.5, 0.6) is 0 Å². The van der Waals surface area contributed by atoms with E-state index in [1.54, 1.807) is 43.7 Å². The number of hydrogen-bond acceptors (Lipinski definition) is 7. The Bertz CT molecular complexity index is 1420. The highest BCUT2D eigenvalue weighted by Crippen LogP contribution is 2.36. The molecule has 1 fully saturated rings. The number of rotatable bonds is 8. The predicted octanol–water partition coefficient (Wildman–Crippen LogP) is 4.92. The Morgan fingerprint density at radius 3 is 2.58 bits per heavy atom. The fourth-order valence-corrected chi connectivity index (χ4v) is 4.34. The Kier molecular flexibility index (Phi) is 6.26. The molecule has 0 bridgehead atoms. The molecule has 10 heteroatoms. The molecular weight excluding hydrogens is 461 g/mol. The summed E-state index contributed by atoms with van der Waals surface area (Å²) in [4.78, 5) is 21.1. The number of aryl methyl sites for hydroxylation is 1. The van der Waals surface area contributed by atoms with E-state index in [0.29, 0.717) is 40.3 Å². The first-order valence-electron chi connectivity index (χ1n) is 12.0. The number of nitrogens with one attached hydrogen (secondary N) is 1. The largest absolute Gasteiger partial charge is 0.462 e. The smallest absolute Gasteiger partial charge is 0.341 e. The van der Waals surface area contributed by atoms with Gasteiger partial charge in [0, 0.05) is 23.7 Å². The second-order valence-electron chi connectivity index (χ2n) is 9.02. The van der Waals surface area contributed by atoms with Crippen molar-refractivity contribution in [3.8, 4) is 17.1 Å². The minimum atomic E-state index is -0.406. The molecule has 0 saturated heterocycles. The van der Waals surface area contributed by atoms with Crippen molar-refractivity contribution in [2.75, 3.05) is 11.9 Å². The van der Waals surface area contributed by atoms with E-state index in [1.807, 2.05) is 11.6 Å². The molecule has 5 rings (SSSR count). The first-order valence-corrected chi connectivity index (χ1v) is 12.0. The van der Waals surface area contributed by atoms with Crippen LogP contribution in [0.4, 0.5) is 16.0 Å². The number of esters is 1. The van der Waals surface area contributed by atoms with Crippen molar-refractivity contribution in [1.29, 1.82) is 0 Å². The van der Waals surface area contributed by atoms with Gasteiger partial charge in [-0.1, -0.05) is 0 Å². The zero-order chi connectivity index (χ0) is 25.4. The summed E-state index contributed by atoms with van der Waals surface area (Å²) in [6, 6.07) is 8.24. The van der Waals surface area contributed by atoms with Crippen LogP contribution >= 0.6 is 0 Å². The highest BCUT2D eigenvalue weighted by atomic mass is 19.1. The van der Waals surface area contributed by atoms with Crippen LogP contribution in [0.2, 0.25) is 0 Å². The van der Waals surface area contributed by atoms with Gasteiger partial charge in [-0.25, -0.2) is 23.8 Å². The van der Waals surface area contributed by atoms with Crippen LogP contribution in [0.3, 0.4) is 0 Å². The van der Waals surface area contributed by atoms with Crippen LogP contribution in [-0.4, -0.2) is 42.1 Å². The van der Waals surface area contributed by atoms with Gasteiger partial charge in [-0.05, 0) is 70.7 Å². The Morgan fingerprint density at radius 2 is 1.89 bits per heavy atom. The standard InChI is InChI=1S/C26H28FN7O2/c1-5-36-26(35)23-16(3)31-34(17(23)4)22-12-21(28-14-29-22)30-25-15(2)24(19-8-10-20(27)11-9-19)33(32-25)13-18-6-7-18/h8-12,14,18H,5-7,13H2,1-4H3,(H,28,29,30,32). The molecule has 1 N–H and O–H groups in total. The van der Waals surface area contributed by atoms with Gasteiger partial charge in [0.15, 0.2) is 11.6 Å². The molecule has 1 aliphatic rings.